The second-order valence-corrected chi connectivity index (χ2v) is 6.91. The van der Waals surface area contributed by atoms with Crippen LogP contribution in [0.3, 0.4) is 0 Å². The Balaban J connectivity index is 1.59. The van der Waals surface area contributed by atoms with E-state index in [1.807, 2.05) is 65.6 Å². The van der Waals surface area contributed by atoms with Crippen LogP contribution in [-0.4, -0.2) is 29.8 Å². The van der Waals surface area contributed by atoms with Crippen LogP contribution in [0.1, 0.15) is 37.9 Å². The predicted molar refractivity (Wildman–Crippen MR) is 109 cm³/mol. The zero-order chi connectivity index (χ0) is 19.3. The number of fused-ring (bicyclic) bond motifs is 1. The van der Waals surface area contributed by atoms with Crippen molar-refractivity contribution >= 4 is 11.8 Å². The molecule has 0 spiro atoms. The lowest BCUT2D eigenvalue weighted by molar-refractivity contribution is 0.0648. The molecule has 4 rings (SSSR count). The van der Waals surface area contributed by atoms with Crippen LogP contribution in [0.5, 0.6) is 0 Å². The summed E-state index contributed by atoms with van der Waals surface area (Å²) >= 11 is 0. The molecule has 0 bridgehead atoms. The van der Waals surface area contributed by atoms with Gasteiger partial charge >= 0.3 is 0 Å². The minimum absolute atomic E-state index is 0.00550. The Morgan fingerprint density at radius 2 is 1.43 bits per heavy atom. The maximum Gasteiger partial charge on any atom is 0.254 e. The van der Waals surface area contributed by atoms with Crippen LogP contribution in [0.15, 0.2) is 84.9 Å². The molecule has 0 fully saturated rings. The fraction of sp³-hybridized carbons (Fsp3) is 0.167. The first kappa shape index (κ1) is 18.0. The highest BCUT2D eigenvalue weighted by Crippen LogP contribution is 2.30. The molecule has 4 nitrogen and oxygen atoms in total. The highest BCUT2D eigenvalue weighted by Gasteiger charge is 2.31. The molecule has 0 saturated carbocycles. The molecular formula is C24H22N2O2. The molecule has 2 amide bonds. The molecule has 1 atom stereocenters. The number of benzene rings is 3. The molecule has 4 heteroatoms. The van der Waals surface area contributed by atoms with E-state index in [4.69, 9.17) is 0 Å². The van der Waals surface area contributed by atoms with Crippen molar-refractivity contribution in [2.24, 2.45) is 0 Å². The third kappa shape index (κ3) is 3.67. The van der Waals surface area contributed by atoms with Crippen molar-refractivity contribution < 1.29 is 9.59 Å². The van der Waals surface area contributed by atoms with Gasteiger partial charge in [-0.2, -0.15) is 0 Å². The molecule has 0 saturated heterocycles. The molecular weight excluding hydrogens is 348 g/mol. The van der Waals surface area contributed by atoms with E-state index in [1.165, 1.54) is 5.56 Å². The van der Waals surface area contributed by atoms with E-state index < -0.39 is 0 Å². The van der Waals surface area contributed by atoms with Crippen LogP contribution in [0.2, 0.25) is 0 Å². The van der Waals surface area contributed by atoms with E-state index in [2.05, 4.69) is 17.4 Å². The number of carbonyl (C=O) groups is 2. The van der Waals surface area contributed by atoms with Gasteiger partial charge < -0.3 is 10.2 Å². The molecule has 3 aromatic rings. The number of nitrogens with zero attached hydrogens (tertiary/aromatic N) is 1. The topological polar surface area (TPSA) is 49.4 Å². The highest BCUT2D eigenvalue weighted by molar-refractivity contribution is 5.95. The number of nitrogens with one attached hydrogen (secondary N) is 1. The molecule has 0 radical (unpaired) electrons. The minimum Gasteiger partial charge on any atom is -0.350 e. The number of amides is 2. The summed E-state index contributed by atoms with van der Waals surface area (Å²) in [4.78, 5) is 27.6. The molecule has 1 aliphatic rings. The van der Waals surface area contributed by atoms with Gasteiger partial charge in [-0.3, -0.25) is 9.59 Å². The van der Waals surface area contributed by atoms with Crippen LogP contribution in [0, 0.1) is 0 Å². The third-order valence-electron chi connectivity index (χ3n) is 5.19. The summed E-state index contributed by atoms with van der Waals surface area (Å²) in [5.41, 5.74) is 3.62. The summed E-state index contributed by atoms with van der Waals surface area (Å²) < 4.78 is 0. The number of hydrogen-bond acceptors (Lipinski definition) is 2. The van der Waals surface area contributed by atoms with Gasteiger partial charge in [0.05, 0.1) is 6.04 Å². The van der Waals surface area contributed by atoms with Gasteiger partial charge in [0.2, 0.25) is 0 Å². The first-order valence-electron chi connectivity index (χ1n) is 9.51. The van der Waals surface area contributed by atoms with E-state index in [9.17, 15) is 9.59 Å². The number of hydrogen-bond donors (Lipinski definition) is 1. The quantitative estimate of drug-likeness (QED) is 0.758. The van der Waals surface area contributed by atoms with Gasteiger partial charge in [0.1, 0.15) is 0 Å². The number of rotatable bonds is 4. The maximum absolute atomic E-state index is 13.1. The third-order valence-corrected chi connectivity index (χ3v) is 5.19. The molecule has 1 heterocycles. The van der Waals surface area contributed by atoms with Crippen LogP contribution >= 0.6 is 0 Å². The van der Waals surface area contributed by atoms with E-state index >= 15 is 0 Å². The Labute approximate surface area is 164 Å². The Bertz CT molecular complexity index is 970. The second kappa shape index (κ2) is 8.09. The van der Waals surface area contributed by atoms with Gasteiger partial charge in [-0.25, -0.2) is 0 Å². The van der Waals surface area contributed by atoms with Gasteiger partial charge in [-0.15, -0.1) is 0 Å². The molecule has 1 aliphatic heterocycles. The minimum atomic E-state index is -0.190. The van der Waals surface area contributed by atoms with Crippen LogP contribution in [0.25, 0.3) is 0 Å². The average molecular weight is 370 g/mol. The smallest absolute Gasteiger partial charge is 0.254 e. The van der Waals surface area contributed by atoms with E-state index in [0.29, 0.717) is 24.2 Å². The summed E-state index contributed by atoms with van der Waals surface area (Å²) in [5, 5.41) is 3.01. The summed E-state index contributed by atoms with van der Waals surface area (Å²) in [5.74, 6) is -0.134. The molecule has 0 aliphatic carbocycles. The van der Waals surface area contributed by atoms with Crippen LogP contribution < -0.4 is 5.32 Å². The maximum atomic E-state index is 13.1. The lowest BCUT2D eigenvalue weighted by atomic mass is 9.91. The lowest BCUT2D eigenvalue weighted by Gasteiger charge is -2.37. The predicted octanol–water partition coefficient (Wildman–Crippen LogP) is 3.86. The van der Waals surface area contributed by atoms with Crippen molar-refractivity contribution in [3.05, 3.63) is 107 Å². The van der Waals surface area contributed by atoms with E-state index in [-0.39, 0.29) is 17.9 Å². The van der Waals surface area contributed by atoms with E-state index in [0.717, 1.165) is 12.0 Å². The van der Waals surface area contributed by atoms with Gasteiger partial charge in [0.25, 0.3) is 11.8 Å². The van der Waals surface area contributed by atoms with Gasteiger partial charge in [0, 0.05) is 24.2 Å². The Morgan fingerprint density at radius 1 is 0.821 bits per heavy atom. The molecule has 140 valence electrons. The number of carbonyl (C=O) groups excluding carboxylic acids is 2. The van der Waals surface area contributed by atoms with Crippen molar-refractivity contribution in [3.8, 4) is 0 Å². The SMILES string of the molecule is O=C(NCC1c2ccccc2CCN1C(=O)c1ccccc1)c1ccccc1. The summed E-state index contributed by atoms with van der Waals surface area (Å²) in [6.07, 6.45) is 0.817. The van der Waals surface area contributed by atoms with Crippen molar-refractivity contribution in [1.29, 1.82) is 0 Å². The van der Waals surface area contributed by atoms with Gasteiger partial charge in [0.15, 0.2) is 0 Å². The van der Waals surface area contributed by atoms with E-state index in [1.54, 1.807) is 12.1 Å². The first-order chi connectivity index (χ1) is 13.7. The van der Waals surface area contributed by atoms with Crippen LogP contribution in [0.4, 0.5) is 0 Å². The molecule has 0 aromatic heterocycles. The van der Waals surface area contributed by atoms with Crippen molar-refractivity contribution in [2.45, 2.75) is 12.5 Å². The zero-order valence-corrected chi connectivity index (χ0v) is 15.5. The standard InChI is InChI=1S/C24H22N2O2/c27-23(19-10-3-1-4-11-19)25-17-22-21-14-8-7-9-18(21)15-16-26(22)24(28)20-12-5-2-6-13-20/h1-14,22H,15-17H2,(H,25,27). The summed E-state index contributed by atoms with van der Waals surface area (Å²) in [6.45, 7) is 1.01. The molecule has 1 unspecified atom stereocenters. The van der Waals surface area contributed by atoms with Gasteiger partial charge in [-0.1, -0.05) is 60.7 Å². The Hall–Kier alpha value is -3.40. The van der Waals surface area contributed by atoms with Crippen molar-refractivity contribution in [2.75, 3.05) is 13.1 Å². The fourth-order valence-electron chi connectivity index (χ4n) is 3.74. The lowest BCUT2D eigenvalue weighted by Crippen LogP contribution is -2.45. The van der Waals surface area contributed by atoms with Crippen LogP contribution in [-0.2, 0) is 6.42 Å². The molecule has 28 heavy (non-hydrogen) atoms. The Morgan fingerprint density at radius 3 is 2.14 bits per heavy atom. The first-order valence-corrected chi connectivity index (χ1v) is 9.51. The Kier molecular flexibility index (Phi) is 5.20. The fourth-order valence-corrected chi connectivity index (χ4v) is 3.74. The zero-order valence-electron chi connectivity index (χ0n) is 15.5. The highest BCUT2D eigenvalue weighted by atomic mass is 16.2. The molecule has 1 N–H and O–H groups in total. The van der Waals surface area contributed by atoms with Crippen molar-refractivity contribution in [3.63, 3.8) is 0 Å². The molecule has 3 aromatic carbocycles. The second-order valence-electron chi connectivity index (χ2n) is 6.91. The average Bonchev–Trinajstić information content (AvgIpc) is 2.77. The largest absolute Gasteiger partial charge is 0.350 e. The summed E-state index contributed by atoms with van der Waals surface area (Å²) in [7, 11) is 0. The summed E-state index contributed by atoms with van der Waals surface area (Å²) in [6, 6.07) is 26.4. The normalized spacial score (nSPS) is 15.6. The monoisotopic (exact) mass is 370 g/mol. The van der Waals surface area contributed by atoms with Crippen molar-refractivity contribution in [1.82, 2.24) is 10.2 Å². The van der Waals surface area contributed by atoms with Gasteiger partial charge in [-0.05, 0) is 41.8 Å².